The lowest BCUT2D eigenvalue weighted by molar-refractivity contribution is -0.111. The Morgan fingerprint density at radius 3 is 2.26 bits per heavy atom. The molecule has 5 heteroatoms. The minimum Gasteiger partial charge on any atom is -0.461 e. The van der Waals surface area contributed by atoms with E-state index in [0.29, 0.717) is 17.9 Å². The minimum absolute atomic E-state index is 0.181. The second kappa shape index (κ2) is 9.79. The molecule has 23 heavy (non-hydrogen) atoms. The summed E-state index contributed by atoms with van der Waals surface area (Å²) in [5.74, 6) is -0.529. The van der Waals surface area contributed by atoms with Crippen LogP contribution in [0.2, 0.25) is 0 Å². The highest BCUT2D eigenvalue weighted by molar-refractivity contribution is 6.00. The molecule has 1 aromatic carbocycles. The first-order valence-corrected chi connectivity index (χ1v) is 7.91. The van der Waals surface area contributed by atoms with Crippen molar-refractivity contribution in [3.8, 4) is 0 Å². The molecule has 1 aromatic rings. The Bertz CT molecular complexity index is 542. The van der Waals surface area contributed by atoms with E-state index in [1.165, 1.54) is 6.08 Å². The Morgan fingerprint density at radius 1 is 1.13 bits per heavy atom. The lowest BCUT2D eigenvalue weighted by atomic mass is 10.2. The summed E-state index contributed by atoms with van der Waals surface area (Å²) in [5, 5.41) is 2.74. The summed E-state index contributed by atoms with van der Waals surface area (Å²) < 4.78 is 5.26. The molecule has 1 N–H and O–H groups in total. The molecule has 0 unspecified atom stereocenters. The molecule has 0 spiro atoms. The maximum Gasteiger partial charge on any atom is 0.338 e. The molecule has 0 saturated carbocycles. The zero-order valence-electron chi connectivity index (χ0n) is 14.4. The van der Waals surface area contributed by atoms with Crippen LogP contribution >= 0.6 is 0 Å². The van der Waals surface area contributed by atoms with Gasteiger partial charge in [0.1, 0.15) is 6.61 Å². The summed E-state index contributed by atoms with van der Waals surface area (Å²) in [6, 6.07) is 6.69. The van der Waals surface area contributed by atoms with Crippen LogP contribution < -0.4 is 5.32 Å². The first-order chi connectivity index (χ1) is 11.0. The molecule has 1 rings (SSSR count). The maximum absolute atomic E-state index is 11.9. The molecule has 0 aliphatic rings. The van der Waals surface area contributed by atoms with Gasteiger partial charge in [0.25, 0.3) is 0 Å². The van der Waals surface area contributed by atoms with E-state index >= 15 is 0 Å². The van der Waals surface area contributed by atoms with E-state index in [1.807, 2.05) is 13.8 Å². The molecule has 0 aliphatic carbocycles. The van der Waals surface area contributed by atoms with Crippen LogP contribution in [0, 0.1) is 0 Å². The largest absolute Gasteiger partial charge is 0.461 e. The van der Waals surface area contributed by atoms with E-state index < -0.39 is 0 Å². The third kappa shape index (κ3) is 7.10. The van der Waals surface area contributed by atoms with Crippen molar-refractivity contribution in [2.75, 3.05) is 31.6 Å². The molecule has 0 aromatic heterocycles. The van der Waals surface area contributed by atoms with Crippen molar-refractivity contribution >= 4 is 17.6 Å². The van der Waals surface area contributed by atoms with Crippen molar-refractivity contribution in [3.05, 3.63) is 41.5 Å². The topological polar surface area (TPSA) is 58.6 Å². The smallest absolute Gasteiger partial charge is 0.338 e. The van der Waals surface area contributed by atoms with Gasteiger partial charge in [-0.15, -0.1) is 0 Å². The summed E-state index contributed by atoms with van der Waals surface area (Å²) in [7, 11) is 0. The first-order valence-electron chi connectivity index (χ1n) is 7.91. The summed E-state index contributed by atoms with van der Waals surface area (Å²) in [4.78, 5) is 25.8. The summed E-state index contributed by atoms with van der Waals surface area (Å²) in [5.41, 5.74) is 2.05. The van der Waals surface area contributed by atoms with Gasteiger partial charge in [-0.3, -0.25) is 4.79 Å². The van der Waals surface area contributed by atoms with Crippen LogP contribution in [0.25, 0.3) is 0 Å². The van der Waals surface area contributed by atoms with Gasteiger partial charge < -0.3 is 15.0 Å². The molecule has 5 nitrogen and oxygen atoms in total. The highest BCUT2D eigenvalue weighted by Gasteiger charge is 2.08. The molecule has 0 atom stereocenters. The first kappa shape index (κ1) is 18.9. The summed E-state index contributed by atoms with van der Waals surface area (Å²) in [6.45, 7) is 10.9. The van der Waals surface area contributed by atoms with E-state index in [0.717, 1.165) is 25.2 Å². The Morgan fingerprint density at radius 2 is 1.74 bits per heavy atom. The van der Waals surface area contributed by atoms with Crippen molar-refractivity contribution in [2.24, 2.45) is 0 Å². The SMILES string of the molecule is CCN(CC)CCOC(=O)c1ccc(NC(=O)C=C(C)C)cc1. The molecular weight excluding hydrogens is 292 g/mol. The molecule has 0 bridgehead atoms. The van der Waals surface area contributed by atoms with Gasteiger partial charge in [-0.2, -0.15) is 0 Å². The number of benzene rings is 1. The molecule has 0 aliphatic heterocycles. The molecule has 1 amide bonds. The number of nitrogens with zero attached hydrogens (tertiary/aromatic N) is 1. The van der Waals surface area contributed by atoms with E-state index in [1.54, 1.807) is 24.3 Å². The van der Waals surface area contributed by atoms with Crippen LogP contribution in [0.3, 0.4) is 0 Å². The second-order valence-electron chi connectivity index (χ2n) is 5.45. The number of rotatable bonds is 8. The van der Waals surface area contributed by atoms with E-state index in [4.69, 9.17) is 4.74 Å². The molecule has 0 heterocycles. The predicted molar refractivity (Wildman–Crippen MR) is 92.6 cm³/mol. The fourth-order valence-electron chi connectivity index (χ4n) is 2.02. The van der Waals surface area contributed by atoms with Crippen LogP contribution in [-0.4, -0.2) is 43.0 Å². The monoisotopic (exact) mass is 318 g/mol. The van der Waals surface area contributed by atoms with Gasteiger partial charge in [0.05, 0.1) is 5.56 Å². The second-order valence-corrected chi connectivity index (χ2v) is 5.45. The van der Waals surface area contributed by atoms with Gasteiger partial charge >= 0.3 is 5.97 Å². The third-order valence-electron chi connectivity index (χ3n) is 3.34. The Labute approximate surface area is 138 Å². The zero-order valence-corrected chi connectivity index (χ0v) is 14.4. The lowest BCUT2D eigenvalue weighted by Crippen LogP contribution is -2.27. The van der Waals surface area contributed by atoms with Gasteiger partial charge in [0, 0.05) is 18.3 Å². The Hall–Kier alpha value is -2.14. The number of esters is 1. The summed E-state index contributed by atoms with van der Waals surface area (Å²) >= 11 is 0. The van der Waals surface area contributed by atoms with Gasteiger partial charge in [-0.1, -0.05) is 19.4 Å². The zero-order chi connectivity index (χ0) is 17.2. The van der Waals surface area contributed by atoms with Crippen molar-refractivity contribution < 1.29 is 14.3 Å². The standard InChI is InChI=1S/C18H26N2O3/c1-5-20(6-2)11-12-23-18(22)15-7-9-16(10-8-15)19-17(21)13-14(3)4/h7-10,13H,5-6,11-12H2,1-4H3,(H,19,21). The van der Waals surface area contributed by atoms with Crippen molar-refractivity contribution in [3.63, 3.8) is 0 Å². The number of likely N-dealkylation sites (N-methyl/N-ethyl adjacent to an activating group) is 1. The number of carbonyl (C=O) groups excluding carboxylic acids is 2. The number of hydrogen-bond donors (Lipinski definition) is 1. The van der Waals surface area contributed by atoms with Gasteiger partial charge in [0.15, 0.2) is 0 Å². The van der Waals surface area contributed by atoms with Crippen LogP contribution in [0.4, 0.5) is 5.69 Å². The fourth-order valence-corrected chi connectivity index (χ4v) is 2.02. The van der Waals surface area contributed by atoms with Crippen LogP contribution in [-0.2, 0) is 9.53 Å². The number of anilines is 1. The highest BCUT2D eigenvalue weighted by atomic mass is 16.5. The maximum atomic E-state index is 11.9. The number of nitrogens with one attached hydrogen (secondary N) is 1. The fraction of sp³-hybridized carbons (Fsp3) is 0.444. The Kier molecular flexibility index (Phi) is 8.05. The predicted octanol–water partition coefficient (Wildman–Crippen LogP) is 3.09. The van der Waals surface area contributed by atoms with Crippen molar-refractivity contribution in [1.29, 1.82) is 0 Å². The molecule has 0 saturated heterocycles. The Balaban J connectivity index is 2.51. The normalized spacial score (nSPS) is 10.3. The molecule has 0 fully saturated rings. The van der Waals surface area contributed by atoms with Crippen molar-refractivity contribution in [1.82, 2.24) is 4.90 Å². The average molecular weight is 318 g/mol. The number of carbonyl (C=O) groups is 2. The highest BCUT2D eigenvalue weighted by Crippen LogP contribution is 2.11. The molecule has 126 valence electrons. The quantitative estimate of drug-likeness (QED) is 0.591. The van der Waals surface area contributed by atoms with E-state index in [-0.39, 0.29) is 11.9 Å². The number of hydrogen-bond acceptors (Lipinski definition) is 4. The van der Waals surface area contributed by atoms with Gasteiger partial charge in [-0.25, -0.2) is 4.79 Å². The molecular formula is C18H26N2O3. The van der Waals surface area contributed by atoms with E-state index in [2.05, 4.69) is 24.1 Å². The summed E-state index contributed by atoms with van der Waals surface area (Å²) in [6.07, 6.45) is 1.52. The third-order valence-corrected chi connectivity index (χ3v) is 3.34. The number of allylic oxidation sites excluding steroid dienone is 1. The number of amides is 1. The van der Waals surface area contributed by atoms with Crippen LogP contribution in [0.1, 0.15) is 38.1 Å². The van der Waals surface area contributed by atoms with Gasteiger partial charge in [0.2, 0.25) is 5.91 Å². The minimum atomic E-state index is -0.348. The van der Waals surface area contributed by atoms with Crippen LogP contribution in [0.5, 0.6) is 0 Å². The average Bonchev–Trinajstić information content (AvgIpc) is 2.51. The van der Waals surface area contributed by atoms with Gasteiger partial charge in [-0.05, 0) is 51.2 Å². The van der Waals surface area contributed by atoms with Crippen LogP contribution in [0.15, 0.2) is 35.9 Å². The van der Waals surface area contributed by atoms with E-state index in [9.17, 15) is 9.59 Å². The number of ether oxygens (including phenoxy) is 1. The molecule has 0 radical (unpaired) electrons. The lowest BCUT2D eigenvalue weighted by Gasteiger charge is -2.17. The van der Waals surface area contributed by atoms with Crippen molar-refractivity contribution in [2.45, 2.75) is 27.7 Å².